The molecule has 1 aliphatic carbocycles. The topological polar surface area (TPSA) is 323 Å². The van der Waals surface area contributed by atoms with Crippen molar-refractivity contribution in [3.8, 4) is 0 Å². The van der Waals surface area contributed by atoms with Crippen LogP contribution >= 0.6 is 7.75 Å². The lowest BCUT2D eigenvalue weighted by Crippen LogP contribution is -2.41. The van der Waals surface area contributed by atoms with Crippen LogP contribution in [0.2, 0.25) is 0 Å². The first-order valence-corrected chi connectivity index (χ1v) is 23.7. The van der Waals surface area contributed by atoms with Crippen molar-refractivity contribution in [3.05, 3.63) is 104 Å². The minimum atomic E-state index is -5.00. The van der Waals surface area contributed by atoms with Crippen LogP contribution in [-0.4, -0.2) is 102 Å². The lowest BCUT2D eigenvalue weighted by molar-refractivity contribution is -0.145. The zero-order valence-corrected chi connectivity index (χ0v) is 39.1. The highest BCUT2D eigenvalue weighted by Crippen LogP contribution is 2.47. The third-order valence-corrected chi connectivity index (χ3v) is 14.0. The SMILES string of the molecule is C=CC1=C(C)C2=NC1=CC1=NC(=CC3=C(C)C4=C(O)CC(=C5NC(=C2)[C@@H](C)C5CCC(=O)N[C@@H](CCC(=O)C[C@@H](COP(=O)(O)N[C@@H](CCC(=O)O)C(=O)O)C(=O)O)C(=O)O)C4=N3)C(CC)=C1C. The van der Waals surface area contributed by atoms with Gasteiger partial charge in [-0.15, -0.1) is 0 Å². The molecule has 1 fully saturated rings. The van der Waals surface area contributed by atoms with Gasteiger partial charge in [0.05, 0.1) is 46.8 Å². The van der Waals surface area contributed by atoms with E-state index in [9.17, 15) is 58.7 Å². The number of Topliss-reactive ketones (excluding diaryl/α,β-unsaturated/α-hetero) is 1. The summed E-state index contributed by atoms with van der Waals surface area (Å²) in [6.45, 7) is 13.0. The number of hydrogen-bond acceptors (Lipinski definition) is 13. The molecular weight excluding hydrogens is 904 g/mol. The van der Waals surface area contributed by atoms with Gasteiger partial charge in [-0.25, -0.2) is 29.4 Å². The van der Waals surface area contributed by atoms with Gasteiger partial charge < -0.3 is 41.1 Å². The first-order chi connectivity index (χ1) is 32.0. The average Bonchev–Trinajstić information content (AvgIpc) is 4.02. The van der Waals surface area contributed by atoms with Crippen molar-refractivity contribution >= 4 is 60.4 Å². The number of aliphatic carboxylic acids is 4. The molecule has 1 saturated heterocycles. The number of hydrogen-bond donors (Lipinski definition) is 9. The van der Waals surface area contributed by atoms with Gasteiger partial charge in [0.15, 0.2) is 0 Å². The maximum Gasteiger partial charge on any atom is 0.403 e. The molecule has 8 bridgehead atoms. The first-order valence-electron chi connectivity index (χ1n) is 22.1. The van der Waals surface area contributed by atoms with Crippen LogP contribution in [0, 0.1) is 17.8 Å². The molecule has 9 N–H and O–H groups in total. The highest BCUT2D eigenvalue weighted by molar-refractivity contribution is 7.50. The number of aliphatic hydroxyl groups excluding tert-OH is 1. The zero-order valence-electron chi connectivity index (χ0n) is 38.2. The number of carbonyl (C=O) groups excluding carboxylic acids is 2. The maximum atomic E-state index is 13.5. The van der Waals surface area contributed by atoms with Gasteiger partial charge in [-0.3, -0.25) is 28.5 Å². The number of carbonyl (C=O) groups is 6. The van der Waals surface area contributed by atoms with Gasteiger partial charge in [-0.2, -0.15) is 0 Å². The number of rotatable bonds is 22. The Morgan fingerprint density at radius 3 is 2.19 bits per heavy atom. The van der Waals surface area contributed by atoms with E-state index in [0.717, 1.165) is 62.7 Å². The summed E-state index contributed by atoms with van der Waals surface area (Å²) in [5.41, 5.74) is 11.9. The molecule has 0 radical (unpaired) electrons. The zero-order chi connectivity index (χ0) is 49.9. The fourth-order valence-corrected chi connectivity index (χ4v) is 10.1. The van der Waals surface area contributed by atoms with E-state index in [4.69, 9.17) is 24.6 Å². The lowest BCUT2D eigenvalue weighted by Gasteiger charge is -2.20. The van der Waals surface area contributed by atoms with Gasteiger partial charge in [0, 0.05) is 72.1 Å². The number of aliphatic hydroxyl groups is 1. The number of amides is 1. The van der Waals surface area contributed by atoms with E-state index < -0.39 is 100 Å². The van der Waals surface area contributed by atoms with Crippen LogP contribution < -0.4 is 15.7 Å². The number of aliphatic imine (C=N–C) groups is 3. The Labute approximate surface area is 391 Å². The molecular formula is C47H55N6O14P. The Kier molecular flexibility index (Phi) is 15.5. The summed E-state index contributed by atoms with van der Waals surface area (Å²) in [5, 5.41) is 57.1. The number of carboxylic acids is 4. The lowest BCUT2D eigenvalue weighted by atomic mass is 9.86. The van der Waals surface area contributed by atoms with Crippen LogP contribution in [0.25, 0.3) is 0 Å². The Balaban J connectivity index is 1.17. The molecule has 0 aromatic carbocycles. The molecule has 0 aromatic heterocycles. The molecule has 5 heterocycles. The summed E-state index contributed by atoms with van der Waals surface area (Å²) in [4.78, 5) is 98.2. The number of nitrogens with zero attached hydrogens (tertiary/aromatic N) is 3. The largest absolute Gasteiger partial charge is 0.511 e. The van der Waals surface area contributed by atoms with Crippen molar-refractivity contribution in [1.29, 1.82) is 0 Å². The summed E-state index contributed by atoms with van der Waals surface area (Å²) in [6, 6.07) is -3.37. The number of fused-ring (bicyclic) bond motifs is 5. The van der Waals surface area contributed by atoms with E-state index in [2.05, 4.69) is 24.1 Å². The predicted molar refractivity (Wildman–Crippen MR) is 248 cm³/mol. The van der Waals surface area contributed by atoms with Crippen LogP contribution in [0.3, 0.4) is 0 Å². The molecule has 5 aliphatic heterocycles. The Hall–Kier alpha value is -6.60. The second-order valence-corrected chi connectivity index (χ2v) is 18.9. The maximum absolute atomic E-state index is 13.5. The molecule has 0 spiro atoms. The fourth-order valence-electron chi connectivity index (χ4n) is 9.03. The van der Waals surface area contributed by atoms with Crippen molar-refractivity contribution < 1.29 is 68.3 Å². The molecule has 6 aliphatic rings. The molecule has 1 amide bonds. The van der Waals surface area contributed by atoms with Crippen LogP contribution in [0.4, 0.5) is 0 Å². The van der Waals surface area contributed by atoms with Crippen molar-refractivity contribution in [3.63, 3.8) is 0 Å². The van der Waals surface area contributed by atoms with Crippen molar-refractivity contribution in [2.24, 2.45) is 32.7 Å². The molecule has 2 unspecified atom stereocenters. The van der Waals surface area contributed by atoms with Crippen LogP contribution in [0.1, 0.15) is 92.4 Å². The minimum Gasteiger partial charge on any atom is -0.511 e. The van der Waals surface area contributed by atoms with Crippen LogP contribution in [-0.2, 0) is 37.9 Å². The number of allylic oxidation sites excluding steroid dienone is 12. The Morgan fingerprint density at radius 2 is 1.56 bits per heavy atom. The molecule has 6 rings (SSSR count). The van der Waals surface area contributed by atoms with Gasteiger partial charge in [0.1, 0.15) is 23.6 Å². The summed E-state index contributed by atoms with van der Waals surface area (Å²) in [5.74, 6) is -9.57. The van der Waals surface area contributed by atoms with E-state index in [1.54, 1.807) is 11.2 Å². The third-order valence-electron chi connectivity index (χ3n) is 12.9. The van der Waals surface area contributed by atoms with Gasteiger partial charge in [0.2, 0.25) is 5.91 Å². The summed E-state index contributed by atoms with van der Waals surface area (Å²) in [7, 11) is -5.00. The summed E-state index contributed by atoms with van der Waals surface area (Å²) >= 11 is 0. The van der Waals surface area contributed by atoms with E-state index in [0.29, 0.717) is 28.4 Å². The second kappa shape index (κ2) is 20.7. The summed E-state index contributed by atoms with van der Waals surface area (Å²) in [6.07, 6.45) is 5.70. The van der Waals surface area contributed by atoms with E-state index in [-0.39, 0.29) is 36.9 Å². The fraction of sp³-hybridized carbons (Fsp3) is 0.426. The van der Waals surface area contributed by atoms with Gasteiger partial charge in [-0.05, 0) is 87.0 Å². The first kappa shape index (κ1) is 50.8. The van der Waals surface area contributed by atoms with Crippen molar-refractivity contribution in [2.75, 3.05) is 6.61 Å². The van der Waals surface area contributed by atoms with E-state index >= 15 is 0 Å². The normalized spacial score (nSPS) is 21.9. The molecule has 362 valence electrons. The molecule has 20 nitrogen and oxygen atoms in total. The number of nitrogens with one attached hydrogen (secondary N) is 3. The third kappa shape index (κ3) is 11.1. The molecule has 68 heavy (non-hydrogen) atoms. The highest BCUT2D eigenvalue weighted by atomic mass is 31.2. The van der Waals surface area contributed by atoms with Crippen molar-refractivity contribution in [2.45, 2.75) is 104 Å². The standard InChI is InChI=1S/C47H55N6O14P/c1-7-27-21(3)33-17-35-23(5)29(43(51-35)30-16-39(55)42-24(6)36(52-44(30)42)19-38-28(8-2)22(4)34(49-38)18-37(27)48-33)10-13-40(56)50-31(46(61)62)11-9-26(54)15-25(45(59)60)20-67-68(65,66)53-32(47(63)64)12-14-41(57)58/h7,17-19,23,25,29,31-32,51,55H,1,8-16,20H2,2-6H3,(H,50,56)(H,57,58)(H,59,60)(H,61,62)(H,63,64)(H2,53,65,66)/t23-,25-,29?,31-,32-/m0/s1. The van der Waals surface area contributed by atoms with Gasteiger partial charge in [0.25, 0.3) is 0 Å². The smallest absolute Gasteiger partial charge is 0.403 e. The second-order valence-electron chi connectivity index (χ2n) is 17.3. The van der Waals surface area contributed by atoms with Crippen molar-refractivity contribution in [1.82, 2.24) is 15.7 Å². The van der Waals surface area contributed by atoms with Crippen LogP contribution in [0.5, 0.6) is 0 Å². The quantitative estimate of drug-likeness (QED) is 0.0591. The minimum absolute atomic E-state index is 0.141. The Bertz CT molecular complexity index is 2690. The van der Waals surface area contributed by atoms with E-state index in [1.165, 1.54) is 0 Å². The van der Waals surface area contributed by atoms with Crippen LogP contribution in [0.15, 0.2) is 119 Å². The molecule has 6 atom stereocenters. The van der Waals surface area contributed by atoms with Gasteiger partial charge >= 0.3 is 31.6 Å². The Morgan fingerprint density at radius 1 is 0.897 bits per heavy atom. The molecule has 0 aromatic rings. The molecule has 21 heteroatoms. The monoisotopic (exact) mass is 958 g/mol. The number of carboxylic acid groups (broad SMARTS) is 4. The average molecular weight is 959 g/mol. The van der Waals surface area contributed by atoms with Gasteiger partial charge in [-0.1, -0.05) is 26.5 Å². The van der Waals surface area contributed by atoms with E-state index in [1.807, 2.05) is 45.9 Å². The predicted octanol–water partition coefficient (Wildman–Crippen LogP) is 5.66. The number of ketones is 1. The summed E-state index contributed by atoms with van der Waals surface area (Å²) < 4.78 is 17.2. The highest BCUT2D eigenvalue weighted by Gasteiger charge is 2.42. The molecule has 0 saturated carbocycles.